The molecule has 2 aromatic carbocycles. The number of rotatable bonds is 13. The third-order valence-corrected chi connectivity index (χ3v) is 9.25. The number of likely N-dealkylation sites (tertiary alicyclic amines) is 1. The molecule has 3 aliphatic heterocycles. The Morgan fingerprint density at radius 3 is 2.49 bits per heavy atom. The number of carbonyl (C=O) groups is 2. The van der Waals surface area contributed by atoms with Crippen LogP contribution in [0, 0.1) is 0 Å². The zero-order chi connectivity index (χ0) is 31.8. The number of hydrogen-bond acceptors (Lipinski definition) is 9. The molecule has 2 fully saturated rings. The van der Waals surface area contributed by atoms with Gasteiger partial charge in [-0.3, -0.25) is 9.59 Å². The van der Waals surface area contributed by atoms with Crippen LogP contribution < -0.4 is 15.0 Å². The second kappa shape index (κ2) is 15.5. The van der Waals surface area contributed by atoms with Gasteiger partial charge in [-0.1, -0.05) is 31.0 Å². The molecule has 4 unspecified atom stereocenters. The molecule has 0 radical (unpaired) electrons. The van der Waals surface area contributed by atoms with E-state index in [-0.39, 0.29) is 31.0 Å². The molecular formula is C34H47N3O8. The van der Waals surface area contributed by atoms with Crippen molar-refractivity contribution >= 4 is 17.5 Å². The Morgan fingerprint density at radius 2 is 1.73 bits per heavy atom. The third-order valence-electron chi connectivity index (χ3n) is 9.25. The van der Waals surface area contributed by atoms with Crippen LogP contribution in [-0.4, -0.2) is 109 Å². The number of benzene rings is 2. The van der Waals surface area contributed by atoms with E-state index >= 15 is 0 Å². The van der Waals surface area contributed by atoms with E-state index in [1.807, 2.05) is 52.3 Å². The van der Waals surface area contributed by atoms with Crippen LogP contribution in [0.25, 0.3) is 0 Å². The normalized spacial score (nSPS) is 25.7. The average molecular weight is 626 g/mol. The van der Waals surface area contributed by atoms with Crippen molar-refractivity contribution in [1.82, 2.24) is 10.2 Å². The quantitative estimate of drug-likeness (QED) is 0.247. The highest BCUT2D eigenvalue weighted by Crippen LogP contribution is 2.33. The van der Waals surface area contributed by atoms with E-state index in [4.69, 9.17) is 14.2 Å². The summed E-state index contributed by atoms with van der Waals surface area (Å²) in [5.74, 6) is -0.462. The monoisotopic (exact) mass is 625 g/mol. The summed E-state index contributed by atoms with van der Waals surface area (Å²) in [7, 11) is 1.41. The Balaban J connectivity index is 0.962. The van der Waals surface area contributed by atoms with Crippen molar-refractivity contribution in [2.45, 2.75) is 81.5 Å². The lowest BCUT2D eigenvalue weighted by Crippen LogP contribution is -2.65. The summed E-state index contributed by atoms with van der Waals surface area (Å²) in [6.07, 6.45) is 2.85. The minimum absolute atomic E-state index is 0.00808. The van der Waals surface area contributed by atoms with E-state index in [9.17, 15) is 24.9 Å². The van der Waals surface area contributed by atoms with E-state index in [1.165, 1.54) is 12.7 Å². The SMILES string of the molecule is COC1(CNCCCCCCOc2ccc(C(=O)N3CCC(N4C(=O)CCc5ccccc54)CC3)cc2)OCC(O)C(O)C1O. The van der Waals surface area contributed by atoms with Gasteiger partial charge < -0.3 is 44.6 Å². The fourth-order valence-corrected chi connectivity index (χ4v) is 6.50. The second-order valence-electron chi connectivity index (χ2n) is 12.2. The predicted molar refractivity (Wildman–Crippen MR) is 168 cm³/mol. The van der Waals surface area contributed by atoms with Crippen LogP contribution in [0.4, 0.5) is 5.69 Å². The first-order chi connectivity index (χ1) is 21.8. The number of hydrogen-bond donors (Lipinski definition) is 4. The Kier molecular flexibility index (Phi) is 11.5. The molecule has 45 heavy (non-hydrogen) atoms. The van der Waals surface area contributed by atoms with Gasteiger partial charge in [0.25, 0.3) is 5.91 Å². The van der Waals surface area contributed by atoms with Crippen molar-refractivity contribution < 1.29 is 39.1 Å². The van der Waals surface area contributed by atoms with Crippen LogP contribution in [0.2, 0.25) is 0 Å². The Morgan fingerprint density at radius 1 is 1.00 bits per heavy atom. The maximum absolute atomic E-state index is 13.2. The van der Waals surface area contributed by atoms with E-state index < -0.39 is 24.1 Å². The number of para-hydroxylation sites is 1. The number of aliphatic hydroxyl groups is 3. The number of nitrogens with one attached hydrogen (secondary N) is 1. The molecule has 0 bridgehead atoms. The fraction of sp³-hybridized carbons (Fsp3) is 0.588. The third kappa shape index (κ3) is 7.85. The number of piperidine rings is 1. The van der Waals surface area contributed by atoms with Crippen molar-refractivity contribution in [2.75, 3.05) is 51.4 Å². The van der Waals surface area contributed by atoms with Crippen LogP contribution in [0.1, 0.15) is 60.9 Å². The molecule has 2 amide bonds. The van der Waals surface area contributed by atoms with Crippen LogP contribution in [-0.2, 0) is 20.7 Å². The highest BCUT2D eigenvalue weighted by Gasteiger charge is 2.49. The van der Waals surface area contributed by atoms with Crippen molar-refractivity contribution in [2.24, 2.45) is 0 Å². The first kappa shape index (κ1) is 33.3. The summed E-state index contributed by atoms with van der Waals surface area (Å²) in [6, 6.07) is 15.6. The topological polar surface area (TPSA) is 141 Å². The molecule has 4 N–H and O–H groups in total. The van der Waals surface area contributed by atoms with Gasteiger partial charge >= 0.3 is 0 Å². The molecule has 11 nitrogen and oxygen atoms in total. The highest BCUT2D eigenvalue weighted by molar-refractivity contribution is 5.97. The summed E-state index contributed by atoms with van der Waals surface area (Å²) in [6.45, 7) is 2.62. The molecule has 2 saturated heterocycles. The zero-order valence-electron chi connectivity index (χ0n) is 26.1. The van der Waals surface area contributed by atoms with Gasteiger partial charge in [0.1, 0.15) is 24.1 Å². The molecule has 0 saturated carbocycles. The molecule has 0 aromatic heterocycles. The van der Waals surface area contributed by atoms with Crippen LogP contribution in [0.5, 0.6) is 5.75 Å². The number of aryl methyl sites for hydroxylation is 1. The van der Waals surface area contributed by atoms with Crippen LogP contribution in [0.3, 0.4) is 0 Å². The minimum Gasteiger partial charge on any atom is -0.494 e. The zero-order valence-corrected chi connectivity index (χ0v) is 26.1. The number of anilines is 1. The van der Waals surface area contributed by atoms with Gasteiger partial charge in [0.2, 0.25) is 11.7 Å². The van der Waals surface area contributed by atoms with Crippen LogP contribution >= 0.6 is 0 Å². The summed E-state index contributed by atoms with van der Waals surface area (Å²) >= 11 is 0. The summed E-state index contributed by atoms with van der Waals surface area (Å²) in [5.41, 5.74) is 2.89. The number of aliphatic hydroxyl groups excluding tert-OH is 3. The average Bonchev–Trinajstić information content (AvgIpc) is 3.07. The number of fused-ring (bicyclic) bond motifs is 1. The fourth-order valence-electron chi connectivity index (χ4n) is 6.50. The van der Waals surface area contributed by atoms with Gasteiger partial charge in [-0.2, -0.15) is 0 Å². The van der Waals surface area contributed by atoms with Gasteiger partial charge in [0, 0.05) is 43.9 Å². The van der Waals surface area contributed by atoms with Crippen molar-refractivity contribution in [1.29, 1.82) is 0 Å². The molecule has 2 aromatic rings. The number of ether oxygens (including phenoxy) is 3. The molecule has 3 heterocycles. The van der Waals surface area contributed by atoms with Crippen LogP contribution in [0.15, 0.2) is 48.5 Å². The summed E-state index contributed by atoms with van der Waals surface area (Å²) in [4.78, 5) is 29.8. The number of nitrogens with zero attached hydrogens (tertiary/aromatic N) is 2. The molecule has 5 rings (SSSR count). The van der Waals surface area contributed by atoms with Gasteiger partial charge in [-0.05, 0) is 74.5 Å². The van der Waals surface area contributed by atoms with Crippen molar-refractivity contribution in [3.05, 3.63) is 59.7 Å². The number of carbonyl (C=O) groups excluding carboxylic acids is 2. The molecule has 3 aliphatic rings. The molecule has 246 valence electrons. The lowest BCUT2D eigenvalue weighted by atomic mass is 9.95. The van der Waals surface area contributed by atoms with Gasteiger partial charge in [0.15, 0.2) is 0 Å². The van der Waals surface area contributed by atoms with E-state index in [2.05, 4.69) is 11.4 Å². The number of methoxy groups -OCH3 is 1. The van der Waals surface area contributed by atoms with Gasteiger partial charge in [0.05, 0.1) is 19.8 Å². The lowest BCUT2D eigenvalue weighted by molar-refractivity contribution is -0.327. The molecule has 11 heteroatoms. The Bertz CT molecular complexity index is 1270. The standard InChI is InChI=1S/C34H47N3O8/c1-43-34(32(41)31(40)29(38)22-45-34)23-35-18-6-2-3-7-21-44-27-13-10-25(11-14-27)33(42)36-19-16-26(17-20-36)37-28-9-5-4-8-24(28)12-15-30(37)39/h4-5,8-11,13-14,26,29,31-32,35,38,40-41H,2-3,6-7,12,15-23H2,1H3. The first-order valence-electron chi connectivity index (χ1n) is 16.2. The second-order valence-corrected chi connectivity index (χ2v) is 12.2. The van der Waals surface area contributed by atoms with Crippen molar-refractivity contribution in [3.8, 4) is 5.75 Å². The summed E-state index contributed by atoms with van der Waals surface area (Å²) in [5, 5.41) is 33.1. The predicted octanol–water partition coefficient (Wildman–Crippen LogP) is 2.26. The first-order valence-corrected chi connectivity index (χ1v) is 16.2. The van der Waals surface area contributed by atoms with Gasteiger partial charge in [-0.25, -0.2) is 0 Å². The molecule has 4 atom stereocenters. The van der Waals surface area contributed by atoms with E-state index in [1.54, 1.807) is 0 Å². The van der Waals surface area contributed by atoms with E-state index in [0.29, 0.717) is 38.2 Å². The highest BCUT2D eigenvalue weighted by atomic mass is 16.7. The Labute approximate surface area is 265 Å². The largest absolute Gasteiger partial charge is 0.494 e. The molecule has 0 aliphatic carbocycles. The van der Waals surface area contributed by atoms with E-state index in [0.717, 1.165) is 56.4 Å². The number of unbranched alkanes of at least 4 members (excludes halogenated alkanes) is 3. The lowest BCUT2D eigenvalue weighted by Gasteiger charge is -2.44. The minimum atomic E-state index is -1.38. The maximum atomic E-state index is 13.2. The van der Waals surface area contributed by atoms with Gasteiger partial charge in [-0.15, -0.1) is 0 Å². The maximum Gasteiger partial charge on any atom is 0.253 e. The summed E-state index contributed by atoms with van der Waals surface area (Å²) < 4.78 is 16.7. The molecule has 0 spiro atoms. The molecular weight excluding hydrogens is 578 g/mol. The van der Waals surface area contributed by atoms with Crippen molar-refractivity contribution in [3.63, 3.8) is 0 Å². The number of amides is 2. The smallest absolute Gasteiger partial charge is 0.253 e. The Hall–Kier alpha value is -3.06.